The summed E-state index contributed by atoms with van der Waals surface area (Å²) in [5.41, 5.74) is 0. The van der Waals surface area contributed by atoms with Crippen LogP contribution in [-0.4, -0.2) is 149 Å². The zero-order chi connectivity index (χ0) is 30.5. The van der Waals surface area contributed by atoms with Gasteiger partial charge in [-0.05, 0) is 56.7 Å². The molecule has 0 saturated carbocycles. The van der Waals surface area contributed by atoms with Crippen LogP contribution < -0.4 is 5.32 Å². The molecule has 7 heteroatoms. The second kappa shape index (κ2) is 24.1. The van der Waals surface area contributed by atoms with Crippen LogP contribution in [-0.2, 0) is 4.74 Å². The lowest BCUT2D eigenvalue weighted by atomic mass is 10.1. The maximum Gasteiger partial charge on any atom is 0.0594 e. The summed E-state index contributed by atoms with van der Waals surface area (Å²) < 4.78 is 5.24. The van der Waals surface area contributed by atoms with Crippen molar-refractivity contribution in [2.75, 3.05) is 125 Å². The standard InChI is InChI=1S/C9H20N2.C9H19N.C8H18N2.C8H17NO/c1-9(2)8-11-6-4-10(3)5-7-11;1-9(2)8-10-6-4-3-5-7-10;1-8(2)7-10-5-3-9-4-6-10;1-8(2)7-9-3-5-10-6-4-9/h9H,4-8H2,1-3H3;9H,3-8H2,1-2H3;8-9H,3-7H2,1-2H3;8H,3-7H2,1-2H3. The summed E-state index contributed by atoms with van der Waals surface area (Å²) in [6.45, 7) is 39.9. The molecule has 0 bridgehead atoms. The van der Waals surface area contributed by atoms with Gasteiger partial charge in [-0.3, -0.25) is 4.90 Å². The molecule has 0 aromatic carbocycles. The number of hydrogen-bond acceptors (Lipinski definition) is 7. The predicted octanol–water partition coefficient (Wildman–Crippen LogP) is 4.54. The summed E-state index contributed by atoms with van der Waals surface area (Å²) in [4.78, 5) is 12.5. The summed E-state index contributed by atoms with van der Waals surface area (Å²) in [7, 11) is 2.20. The highest BCUT2D eigenvalue weighted by molar-refractivity contribution is 4.70. The van der Waals surface area contributed by atoms with E-state index in [4.69, 9.17) is 4.74 Å². The van der Waals surface area contributed by atoms with Gasteiger partial charge < -0.3 is 29.7 Å². The second-order valence-electron chi connectivity index (χ2n) is 14.5. The fraction of sp³-hybridized carbons (Fsp3) is 1.00. The molecule has 4 aliphatic heterocycles. The monoisotopic (exact) mass is 583 g/mol. The smallest absolute Gasteiger partial charge is 0.0594 e. The van der Waals surface area contributed by atoms with Crippen molar-refractivity contribution in [3.8, 4) is 0 Å². The zero-order valence-corrected chi connectivity index (χ0v) is 29.3. The number of morpholine rings is 1. The average molecular weight is 583 g/mol. The first-order chi connectivity index (χ1) is 19.5. The lowest BCUT2D eigenvalue weighted by molar-refractivity contribution is 0.0329. The van der Waals surface area contributed by atoms with Gasteiger partial charge in [0.25, 0.3) is 0 Å². The van der Waals surface area contributed by atoms with Crippen LogP contribution in [0.1, 0.15) is 74.7 Å². The number of likely N-dealkylation sites (tertiary alicyclic amines) is 1. The Morgan fingerprint density at radius 1 is 0.463 bits per heavy atom. The highest BCUT2D eigenvalue weighted by Crippen LogP contribution is 2.10. The average Bonchev–Trinajstić information content (AvgIpc) is 2.92. The molecule has 7 nitrogen and oxygen atoms in total. The Kier molecular flexibility index (Phi) is 22.8. The van der Waals surface area contributed by atoms with Gasteiger partial charge in [-0.25, -0.2) is 0 Å². The molecule has 0 aromatic heterocycles. The minimum Gasteiger partial charge on any atom is -0.379 e. The molecule has 1 N–H and O–H groups in total. The Hall–Kier alpha value is -0.280. The molecule has 4 rings (SSSR count). The van der Waals surface area contributed by atoms with E-state index < -0.39 is 0 Å². The van der Waals surface area contributed by atoms with E-state index in [0.717, 1.165) is 50.0 Å². The number of ether oxygens (including phenoxy) is 1. The van der Waals surface area contributed by atoms with Crippen LogP contribution in [0.3, 0.4) is 0 Å². The SMILES string of the molecule is CC(C)CN1CCCCC1.CC(C)CN1CCN(C)CC1.CC(C)CN1CCNCC1.CC(C)CN1CCOCC1. The summed E-state index contributed by atoms with van der Waals surface area (Å²) in [5.74, 6) is 3.27. The van der Waals surface area contributed by atoms with Crippen LogP contribution in [0.2, 0.25) is 0 Å². The summed E-state index contributed by atoms with van der Waals surface area (Å²) in [6, 6.07) is 0. The number of piperazine rings is 2. The number of likely N-dealkylation sites (N-methyl/N-ethyl adjacent to an activating group) is 1. The van der Waals surface area contributed by atoms with E-state index in [0.29, 0.717) is 0 Å². The van der Waals surface area contributed by atoms with Gasteiger partial charge in [0.1, 0.15) is 0 Å². The molecule has 0 unspecified atom stereocenters. The van der Waals surface area contributed by atoms with Crippen LogP contribution in [0, 0.1) is 23.7 Å². The van der Waals surface area contributed by atoms with Crippen molar-refractivity contribution < 1.29 is 4.74 Å². The Labute approximate surface area is 257 Å². The van der Waals surface area contributed by atoms with Crippen molar-refractivity contribution in [1.29, 1.82) is 0 Å². The fourth-order valence-electron chi connectivity index (χ4n) is 5.92. The Morgan fingerprint density at radius 2 is 0.829 bits per heavy atom. The van der Waals surface area contributed by atoms with Gasteiger partial charge in [0, 0.05) is 91.6 Å². The van der Waals surface area contributed by atoms with Crippen LogP contribution >= 0.6 is 0 Å². The van der Waals surface area contributed by atoms with Crippen LogP contribution in [0.15, 0.2) is 0 Å². The number of hydrogen-bond donors (Lipinski definition) is 1. The van der Waals surface area contributed by atoms with Crippen LogP contribution in [0.5, 0.6) is 0 Å². The minimum atomic E-state index is 0.790. The van der Waals surface area contributed by atoms with Crippen molar-refractivity contribution in [2.45, 2.75) is 74.7 Å². The van der Waals surface area contributed by atoms with Gasteiger partial charge in [-0.15, -0.1) is 0 Å². The normalized spacial score (nSPS) is 22.2. The van der Waals surface area contributed by atoms with E-state index in [1.165, 1.54) is 111 Å². The van der Waals surface area contributed by atoms with Gasteiger partial charge in [0.15, 0.2) is 0 Å². The largest absolute Gasteiger partial charge is 0.379 e. The Morgan fingerprint density at radius 3 is 1.24 bits per heavy atom. The highest BCUT2D eigenvalue weighted by Gasteiger charge is 2.14. The van der Waals surface area contributed by atoms with Gasteiger partial charge >= 0.3 is 0 Å². The first-order valence-electron chi connectivity index (χ1n) is 17.4. The third kappa shape index (κ3) is 22.9. The van der Waals surface area contributed by atoms with Crippen molar-refractivity contribution in [1.82, 2.24) is 29.8 Å². The molecule has 4 aliphatic rings. The molecule has 0 aromatic rings. The van der Waals surface area contributed by atoms with E-state index in [1.807, 2.05) is 0 Å². The third-order valence-corrected chi connectivity index (χ3v) is 7.85. The molecular formula is C34H74N6O. The van der Waals surface area contributed by atoms with E-state index in [2.05, 4.69) is 92.3 Å². The summed E-state index contributed by atoms with van der Waals surface area (Å²) in [5, 5.41) is 3.35. The molecular weight excluding hydrogens is 508 g/mol. The number of rotatable bonds is 8. The number of nitrogens with one attached hydrogen (secondary N) is 1. The Bertz CT molecular complexity index is 505. The maximum absolute atomic E-state index is 5.24. The van der Waals surface area contributed by atoms with E-state index >= 15 is 0 Å². The third-order valence-electron chi connectivity index (χ3n) is 7.85. The first-order valence-corrected chi connectivity index (χ1v) is 17.4. The molecule has 0 aliphatic carbocycles. The molecule has 4 fully saturated rings. The van der Waals surface area contributed by atoms with E-state index in [1.54, 1.807) is 0 Å². The topological polar surface area (TPSA) is 37.5 Å². The van der Waals surface area contributed by atoms with E-state index in [-0.39, 0.29) is 0 Å². The molecule has 0 spiro atoms. The molecule has 0 atom stereocenters. The van der Waals surface area contributed by atoms with Crippen molar-refractivity contribution in [2.24, 2.45) is 23.7 Å². The maximum atomic E-state index is 5.24. The van der Waals surface area contributed by atoms with Gasteiger partial charge in [0.2, 0.25) is 0 Å². The fourth-order valence-corrected chi connectivity index (χ4v) is 5.92. The molecule has 0 amide bonds. The quantitative estimate of drug-likeness (QED) is 0.450. The van der Waals surface area contributed by atoms with E-state index in [9.17, 15) is 0 Å². The predicted molar refractivity (Wildman–Crippen MR) is 180 cm³/mol. The lowest BCUT2D eigenvalue weighted by Gasteiger charge is -2.33. The first kappa shape index (κ1) is 38.7. The molecule has 246 valence electrons. The van der Waals surface area contributed by atoms with Gasteiger partial charge in [-0.2, -0.15) is 0 Å². The van der Waals surface area contributed by atoms with Crippen LogP contribution in [0.25, 0.3) is 0 Å². The lowest BCUT2D eigenvalue weighted by Crippen LogP contribution is -2.45. The van der Waals surface area contributed by atoms with Crippen molar-refractivity contribution in [3.63, 3.8) is 0 Å². The van der Waals surface area contributed by atoms with Crippen molar-refractivity contribution >= 4 is 0 Å². The summed E-state index contributed by atoms with van der Waals surface area (Å²) in [6.07, 6.45) is 4.30. The summed E-state index contributed by atoms with van der Waals surface area (Å²) >= 11 is 0. The molecule has 4 saturated heterocycles. The number of piperidine rings is 1. The molecule has 4 heterocycles. The van der Waals surface area contributed by atoms with Crippen molar-refractivity contribution in [3.05, 3.63) is 0 Å². The minimum absolute atomic E-state index is 0.790. The van der Waals surface area contributed by atoms with Crippen LogP contribution in [0.4, 0.5) is 0 Å². The zero-order valence-electron chi connectivity index (χ0n) is 29.3. The highest BCUT2D eigenvalue weighted by atomic mass is 16.5. The van der Waals surface area contributed by atoms with Gasteiger partial charge in [-0.1, -0.05) is 61.8 Å². The van der Waals surface area contributed by atoms with Gasteiger partial charge in [0.05, 0.1) is 13.2 Å². The molecule has 41 heavy (non-hydrogen) atoms. The number of nitrogens with zero attached hydrogens (tertiary/aromatic N) is 5. The Balaban J connectivity index is 0.000000274. The molecule has 0 radical (unpaired) electrons. The second-order valence-corrected chi connectivity index (χ2v) is 14.5.